The molecule has 0 fully saturated rings. The molecule has 90 valence electrons. The lowest BCUT2D eigenvalue weighted by molar-refractivity contribution is -0.114. The Bertz CT molecular complexity index is 401. The molecule has 0 heterocycles. The number of hydrogen-bond donors (Lipinski definition) is 0. The lowest BCUT2D eigenvalue weighted by Crippen LogP contribution is -2.02. The van der Waals surface area contributed by atoms with Crippen LogP contribution in [0, 0.1) is 6.92 Å². The normalized spacial score (nSPS) is 12.4. The van der Waals surface area contributed by atoms with Crippen LogP contribution < -0.4 is 0 Å². The minimum Gasteiger partial charge on any atom is -0.504 e. The number of hydrogen-bond acceptors (Lipinski definition) is 2. The molecule has 0 aromatic heterocycles. The number of methoxy groups -OCH3 is 1. The van der Waals surface area contributed by atoms with E-state index in [1.807, 2.05) is 37.3 Å². The summed E-state index contributed by atoms with van der Waals surface area (Å²) < 4.78 is 4.72. The molecule has 2 nitrogen and oxygen atoms in total. The van der Waals surface area contributed by atoms with Crippen LogP contribution in [0.3, 0.4) is 0 Å². The highest BCUT2D eigenvalue weighted by Crippen LogP contribution is 2.21. The first-order valence-electron chi connectivity index (χ1n) is 5.58. The van der Waals surface area contributed by atoms with Gasteiger partial charge in [-0.2, -0.15) is 0 Å². The van der Waals surface area contributed by atoms with E-state index in [4.69, 9.17) is 4.74 Å². The van der Waals surface area contributed by atoms with Gasteiger partial charge in [-0.25, -0.2) is 0 Å². The molecule has 0 aliphatic heterocycles. The zero-order valence-corrected chi connectivity index (χ0v) is 10.3. The Labute approximate surface area is 103 Å². The molecule has 0 saturated carbocycles. The first kappa shape index (κ1) is 13.2. The number of carbonyl (C=O) groups is 1. The fourth-order valence-electron chi connectivity index (χ4n) is 1.58. The van der Waals surface area contributed by atoms with Crippen molar-refractivity contribution < 1.29 is 9.53 Å². The molecule has 1 rings (SSSR count). The van der Waals surface area contributed by atoms with Gasteiger partial charge in [-0.15, -0.1) is 6.58 Å². The van der Waals surface area contributed by atoms with Crippen LogP contribution >= 0.6 is 0 Å². The maximum atomic E-state index is 11.6. The van der Waals surface area contributed by atoms with Gasteiger partial charge in [-0.05, 0) is 12.5 Å². The predicted octanol–water partition coefficient (Wildman–Crippen LogP) is 3.38. The number of aryl methyl sites for hydroxylation is 1. The summed E-state index contributed by atoms with van der Waals surface area (Å²) in [5.41, 5.74) is 2.33. The molecule has 1 aromatic carbocycles. The Morgan fingerprint density at radius 3 is 2.59 bits per heavy atom. The summed E-state index contributed by atoms with van der Waals surface area (Å²) in [6, 6.07) is 8.16. The van der Waals surface area contributed by atoms with E-state index < -0.39 is 0 Å². The van der Waals surface area contributed by atoms with Crippen molar-refractivity contribution in [1.82, 2.24) is 0 Å². The second-order valence-electron chi connectivity index (χ2n) is 3.96. The van der Waals surface area contributed by atoms with Crippen molar-refractivity contribution in [2.24, 2.45) is 0 Å². The lowest BCUT2D eigenvalue weighted by Gasteiger charge is -2.11. The molecule has 0 N–H and O–H groups in total. The predicted molar refractivity (Wildman–Crippen MR) is 69.9 cm³/mol. The minimum absolute atomic E-state index is 0.0392. The largest absolute Gasteiger partial charge is 0.504 e. The molecule has 17 heavy (non-hydrogen) atoms. The van der Waals surface area contributed by atoms with Crippen LogP contribution in [0.15, 0.2) is 49.3 Å². The topological polar surface area (TPSA) is 26.3 Å². The number of ether oxygens (including phenoxy) is 1. The Kier molecular flexibility index (Phi) is 5.21. The van der Waals surface area contributed by atoms with Gasteiger partial charge < -0.3 is 4.74 Å². The van der Waals surface area contributed by atoms with Crippen LogP contribution in [-0.2, 0) is 9.53 Å². The van der Waals surface area contributed by atoms with Crippen molar-refractivity contribution in [2.45, 2.75) is 19.3 Å². The number of ketones is 1. The Balaban J connectivity index is 2.72. The minimum atomic E-state index is 0.0392. The van der Waals surface area contributed by atoms with Gasteiger partial charge in [0.05, 0.1) is 13.4 Å². The van der Waals surface area contributed by atoms with Crippen molar-refractivity contribution in [3.8, 4) is 0 Å². The van der Waals surface area contributed by atoms with Crippen molar-refractivity contribution in [1.29, 1.82) is 0 Å². The van der Waals surface area contributed by atoms with Crippen LogP contribution in [0.2, 0.25) is 0 Å². The maximum Gasteiger partial charge on any atom is 0.159 e. The first-order chi connectivity index (χ1) is 8.17. The number of carbonyl (C=O) groups excluding carboxylic acids is 1. The molecule has 0 aliphatic carbocycles. The van der Waals surface area contributed by atoms with E-state index >= 15 is 0 Å². The third kappa shape index (κ3) is 4.27. The van der Waals surface area contributed by atoms with E-state index in [9.17, 15) is 4.79 Å². The summed E-state index contributed by atoms with van der Waals surface area (Å²) in [6.07, 6.45) is 5.08. The smallest absolute Gasteiger partial charge is 0.159 e. The van der Waals surface area contributed by atoms with Gasteiger partial charge in [0.15, 0.2) is 5.78 Å². The average molecular weight is 230 g/mol. The maximum absolute atomic E-state index is 11.6. The number of rotatable bonds is 6. The number of allylic oxidation sites excluding steroid dienone is 2. The van der Waals surface area contributed by atoms with Gasteiger partial charge in [0, 0.05) is 18.4 Å². The molecule has 0 aliphatic rings. The molecule has 2 heteroatoms. The Morgan fingerprint density at radius 1 is 1.41 bits per heavy atom. The molecule has 1 atom stereocenters. The molecule has 0 radical (unpaired) electrons. The van der Waals surface area contributed by atoms with E-state index in [2.05, 4.69) is 6.58 Å². The van der Waals surface area contributed by atoms with E-state index in [-0.39, 0.29) is 11.7 Å². The summed E-state index contributed by atoms with van der Waals surface area (Å²) in [7, 11) is 1.52. The molecular formula is C15H18O2. The molecule has 0 amide bonds. The van der Waals surface area contributed by atoms with Crippen LogP contribution in [0.1, 0.15) is 23.5 Å². The lowest BCUT2D eigenvalue weighted by atomic mass is 9.93. The van der Waals surface area contributed by atoms with E-state index in [1.54, 1.807) is 0 Å². The monoisotopic (exact) mass is 230 g/mol. The fourth-order valence-corrected chi connectivity index (χ4v) is 1.58. The van der Waals surface area contributed by atoms with Crippen molar-refractivity contribution in [3.05, 3.63) is 60.4 Å². The van der Waals surface area contributed by atoms with Gasteiger partial charge in [0.1, 0.15) is 0 Å². The molecule has 0 unspecified atom stereocenters. The highest BCUT2D eigenvalue weighted by Gasteiger charge is 2.10. The molecule has 0 spiro atoms. The van der Waals surface area contributed by atoms with Gasteiger partial charge in [-0.3, -0.25) is 4.79 Å². The fraction of sp³-hybridized carbons (Fsp3) is 0.267. The van der Waals surface area contributed by atoms with E-state index in [1.165, 1.54) is 25.0 Å². The van der Waals surface area contributed by atoms with Gasteiger partial charge in [-0.1, -0.05) is 35.9 Å². The highest BCUT2D eigenvalue weighted by molar-refractivity contribution is 5.90. The SMILES string of the molecule is C=C[C@@H](CC(=O)/C=C/OC)c1ccc(C)cc1. The third-order valence-electron chi connectivity index (χ3n) is 2.60. The van der Waals surface area contributed by atoms with Crippen LogP contribution in [0.4, 0.5) is 0 Å². The average Bonchev–Trinajstić information content (AvgIpc) is 2.34. The summed E-state index contributed by atoms with van der Waals surface area (Å²) in [4.78, 5) is 11.6. The van der Waals surface area contributed by atoms with E-state index in [0.29, 0.717) is 6.42 Å². The van der Waals surface area contributed by atoms with Crippen LogP contribution in [0.25, 0.3) is 0 Å². The Morgan fingerprint density at radius 2 is 2.06 bits per heavy atom. The van der Waals surface area contributed by atoms with Crippen molar-refractivity contribution >= 4 is 5.78 Å². The molecule has 0 saturated heterocycles. The quantitative estimate of drug-likeness (QED) is 0.425. The second kappa shape index (κ2) is 6.69. The molecule has 1 aromatic rings. The van der Waals surface area contributed by atoms with Crippen LogP contribution in [0.5, 0.6) is 0 Å². The summed E-state index contributed by atoms with van der Waals surface area (Å²) in [5, 5.41) is 0. The highest BCUT2D eigenvalue weighted by atomic mass is 16.5. The molecular weight excluding hydrogens is 212 g/mol. The summed E-state index contributed by atoms with van der Waals surface area (Å²) >= 11 is 0. The van der Waals surface area contributed by atoms with E-state index in [0.717, 1.165) is 5.56 Å². The Hall–Kier alpha value is -1.83. The third-order valence-corrected chi connectivity index (χ3v) is 2.60. The van der Waals surface area contributed by atoms with Gasteiger partial charge in [0.25, 0.3) is 0 Å². The summed E-state index contributed by atoms with van der Waals surface area (Å²) in [6.45, 7) is 5.83. The van der Waals surface area contributed by atoms with Crippen molar-refractivity contribution in [3.63, 3.8) is 0 Å². The zero-order chi connectivity index (χ0) is 12.7. The molecule has 0 bridgehead atoms. The zero-order valence-electron chi connectivity index (χ0n) is 10.3. The van der Waals surface area contributed by atoms with Gasteiger partial charge in [0.2, 0.25) is 0 Å². The number of benzene rings is 1. The second-order valence-corrected chi connectivity index (χ2v) is 3.96. The van der Waals surface area contributed by atoms with Crippen molar-refractivity contribution in [2.75, 3.05) is 7.11 Å². The van der Waals surface area contributed by atoms with Crippen LogP contribution in [-0.4, -0.2) is 12.9 Å². The first-order valence-corrected chi connectivity index (χ1v) is 5.58. The standard InChI is InChI=1S/C15H18O2/c1-4-13(11-15(16)9-10-17-3)14-7-5-12(2)6-8-14/h4-10,13H,1,11H2,2-3H3/b10-9+/t13-/m0/s1. The van der Waals surface area contributed by atoms with Gasteiger partial charge >= 0.3 is 0 Å². The summed E-state index contributed by atoms with van der Waals surface area (Å²) in [5.74, 6) is 0.0990.